The van der Waals surface area contributed by atoms with E-state index in [1.807, 2.05) is 30.3 Å². The number of H-pyrrole nitrogens is 1. The van der Waals surface area contributed by atoms with Gasteiger partial charge in [-0.2, -0.15) is 0 Å². The van der Waals surface area contributed by atoms with E-state index >= 15 is 0 Å². The van der Waals surface area contributed by atoms with E-state index in [0.29, 0.717) is 15.0 Å². The molecule has 2 aromatic carbocycles. The van der Waals surface area contributed by atoms with Crippen LogP contribution in [0.3, 0.4) is 0 Å². The molecule has 19 heavy (non-hydrogen) atoms. The van der Waals surface area contributed by atoms with Crippen LogP contribution in [0.5, 0.6) is 0 Å². The molecule has 3 rings (SSSR count). The molecule has 94 valence electrons. The number of hydrogen-bond donors (Lipinski definition) is 1. The Labute approximate surface area is 118 Å². The first-order valence-electron chi connectivity index (χ1n) is 6.16. The van der Waals surface area contributed by atoms with Gasteiger partial charge < -0.3 is 0 Å². The van der Waals surface area contributed by atoms with Crippen molar-refractivity contribution < 1.29 is 0 Å². The number of aromatic amines is 1. The van der Waals surface area contributed by atoms with Crippen LogP contribution in [-0.2, 0) is 0 Å². The van der Waals surface area contributed by atoms with Crippen molar-refractivity contribution in [1.29, 1.82) is 0 Å². The van der Waals surface area contributed by atoms with Gasteiger partial charge in [0.1, 0.15) is 0 Å². The molecule has 1 heterocycles. The summed E-state index contributed by atoms with van der Waals surface area (Å²) in [6.45, 7) is 3.77. The quantitative estimate of drug-likeness (QED) is 0.582. The topological polar surface area (TPSA) is 28.7 Å². The number of para-hydroxylation sites is 2. The zero-order chi connectivity index (χ0) is 13.1. The summed E-state index contributed by atoms with van der Waals surface area (Å²) in [5, 5.41) is 1.08. The third-order valence-electron chi connectivity index (χ3n) is 2.88. The molecule has 1 N–H and O–H groups in total. The maximum atomic E-state index is 4.61. The van der Waals surface area contributed by atoms with E-state index in [9.17, 15) is 0 Å². The molecule has 2 nitrogen and oxygen atoms in total. The summed E-state index contributed by atoms with van der Waals surface area (Å²) in [4.78, 5) is 7.96. The van der Waals surface area contributed by atoms with E-state index in [2.05, 4.69) is 40.8 Å². The Hall–Kier alpha value is -1.83. The van der Waals surface area contributed by atoms with Crippen LogP contribution in [0.1, 0.15) is 0 Å². The standard InChI is InChI=1S/C16H14N2Se/c1-2-11-19-13-9-7-12(8-10-13)16-17-14-5-3-4-6-15(14)18-16/h2-10H,1,11H2,(H,17,18). The van der Waals surface area contributed by atoms with Gasteiger partial charge in [0.25, 0.3) is 0 Å². The molecule has 0 atom stereocenters. The number of aromatic nitrogens is 2. The van der Waals surface area contributed by atoms with Crippen molar-refractivity contribution in [2.75, 3.05) is 0 Å². The predicted octanol–water partition coefficient (Wildman–Crippen LogP) is 3.16. The van der Waals surface area contributed by atoms with E-state index < -0.39 is 0 Å². The van der Waals surface area contributed by atoms with Crippen molar-refractivity contribution in [3.05, 3.63) is 61.2 Å². The van der Waals surface area contributed by atoms with E-state index in [0.717, 1.165) is 27.7 Å². The first kappa shape index (κ1) is 12.2. The van der Waals surface area contributed by atoms with Crippen molar-refractivity contribution in [3.8, 4) is 11.4 Å². The Balaban J connectivity index is 1.90. The van der Waals surface area contributed by atoms with E-state index in [1.165, 1.54) is 4.46 Å². The van der Waals surface area contributed by atoms with Crippen LogP contribution in [0.15, 0.2) is 61.2 Å². The molecule has 0 unspecified atom stereocenters. The first-order valence-corrected chi connectivity index (χ1v) is 8.22. The second-order valence-electron chi connectivity index (χ2n) is 4.23. The van der Waals surface area contributed by atoms with Crippen LogP contribution in [-0.4, -0.2) is 24.9 Å². The monoisotopic (exact) mass is 314 g/mol. The zero-order valence-corrected chi connectivity index (χ0v) is 12.2. The van der Waals surface area contributed by atoms with Crippen LogP contribution < -0.4 is 4.46 Å². The van der Waals surface area contributed by atoms with Gasteiger partial charge in [0.15, 0.2) is 0 Å². The zero-order valence-electron chi connectivity index (χ0n) is 10.5. The number of nitrogens with one attached hydrogen (secondary N) is 1. The Morgan fingerprint density at radius 2 is 1.89 bits per heavy atom. The summed E-state index contributed by atoms with van der Waals surface area (Å²) in [5.74, 6) is 0.934. The second kappa shape index (κ2) is 5.43. The molecule has 0 saturated carbocycles. The molecule has 3 heteroatoms. The van der Waals surface area contributed by atoms with Crippen LogP contribution in [0.2, 0.25) is 5.32 Å². The molecule has 0 saturated heterocycles. The van der Waals surface area contributed by atoms with Gasteiger partial charge in [0, 0.05) is 0 Å². The molecule has 0 aliphatic carbocycles. The number of imidazole rings is 1. The Kier molecular flexibility index (Phi) is 3.49. The second-order valence-corrected chi connectivity index (χ2v) is 6.52. The van der Waals surface area contributed by atoms with Crippen molar-refractivity contribution in [3.63, 3.8) is 0 Å². The Morgan fingerprint density at radius 1 is 1.11 bits per heavy atom. The van der Waals surface area contributed by atoms with Gasteiger partial charge in [0.2, 0.25) is 0 Å². The summed E-state index contributed by atoms with van der Waals surface area (Å²) in [6.07, 6.45) is 1.98. The third-order valence-corrected chi connectivity index (χ3v) is 5.00. The van der Waals surface area contributed by atoms with E-state index in [4.69, 9.17) is 0 Å². The average Bonchev–Trinajstić information content (AvgIpc) is 2.89. The summed E-state index contributed by atoms with van der Waals surface area (Å²) in [7, 11) is 0. The van der Waals surface area contributed by atoms with Gasteiger partial charge in [0.05, 0.1) is 0 Å². The van der Waals surface area contributed by atoms with Gasteiger partial charge in [-0.3, -0.25) is 0 Å². The molecule has 1 aromatic heterocycles. The van der Waals surface area contributed by atoms with Crippen LogP contribution in [0, 0.1) is 0 Å². The summed E-state index contributed by atoms with van der Waals surface area (Å²) >= 11 is 0.494. The molecule has 0 spiro atoms. The normalized spacial score (nSPS) is 10.7. The fourth-order valence-electron chi connectivity index (χ4n) is 1.95. The van der Waals surface area contributed by atoms with Crippen molar-refractivity contribution in [2.45, 2.75) is 5.32 Å². The third kappa shape index (κ3) is 2.62. The summed E-state index contributed by atoms with van der Waals surface area (Å²) in [6, 6.07) is 16.7. The first-order chi connectivity index (χ1) is 9.36. The molecule has 0 radical (unpaired) electrons. The molecule has 0 aliphatic heterocycles. The predicted molar refractivity (Wildman–Crippen MR) is 81.9 cm³/mol. The number of allylic oxidation sites excluding steroid dienone is 1. The minimum absolute atomic E-state index is 0.494. The Morgan fingerprint density at radius 3 is 2.63 bits per heavy atom. The van der Waals surface area contributed by atoms with E-state index in [1.54, 1.807) is 0 Å². The number of benzene rings is 2. The molecule has 0 amide bonds. The number of fused-ring (bicyclic) bond motifs is 1. The van der Waals surface area contributed by atoms with Crippen molar-refractivity contribution >= 4 is 30.5 Å². The van der Waals surface area contributed by atoms with Gasteiger partial charge in [-0.1, -0.05) is 0 Å². The number of nitrogens with zero attached hydrogens (tertiary/aromatic N) is 1. The van der Waals surface area contributed by atoms with Crippen molar-refractivity contribution in [1.82, 2.24) is 9.97 Å². The van der Waals surface area contributed by atoms with Crippen LogP contribution in [0.25, 0.3) is 22.4 Å². The fourth-order valence-corrected chi connectivity index (χ4v) is 3.29. The van der Waals surface area contributed by atoms with Gasteiger partial charge in [-0.05, 0) is 0 Å². The summed E-state index contributed by atoms with van der Waals surface area (Å²) in [5.41, 5.74) is 3.23. The molecule has 0 bridgehead atoms. The molecule has 3 aromatic rings. The maximum absolute atomic E-state index is 4.61. The van der Waals surface area contributed by atoms with E-state index in [-0.39, 0.29) is 0 Å². The average molecular weight is 313 g/mol. The molecular formula is C16H14N2Se. The molecule has 0 aliphatic rings. The van der Waals surface area contributed by atoms with Gasteiger partial charge >= 0.3 is 118 Å². The SMILES string of the molecule is C=CC[Se]c1ccc(-c2nc3ccccc3[nH]2)cc1. The van der Waals surface area contributed by atoms with Crippen LogP contribution >= 0.6 is 0 Å². The summed E-state index contributed by atoms with van der Waals surface area (Å²) < 4.78 is 1.40. The Bertz CT molecular complexity index is 665. The van der Waals surface area contributed by atoms with Crippen LogP contribution in [0.4, 0.5) is 0 Å². The van der Waals surface area contributed by atoms with Gasteiger partial charge in [-0.25, -0.2) is 0 Å². The number of rotatable bonds is 4. The minimum atomic E-state index is 0.494. The van der Waals surface area contributed by atoms with Crippen molar-refractivity contribution in [2.24, 2.45) is 0 Å². The van der Waals surface area contributed by atoms with Gasteiger partial charge in [-0.15, -0.1) is 0 Å². The molecule has 0 fully saturated rings. The fraction of sp³-hybridized carbons (Fsp3) is 0.0625. The number of hydrogen-bond acceptors (Lipinski definition) is 1. The molecular weight excluding hydrogens is 299 g/mol.